The molecule has 0 aliphatic rings. The lowest BCUT2D eigenvalue weighted by Gasteiger charge is -2.28. The van der Waals surface area contributed by atoms with Gasteiger partial charge < -0.3 is 9.16 Å². The Morgan fingerprint density at radius 1 is 0.900 bits per heavy atom. The lowest BCUT2D eigenvalue weighted by atomic mass is 10.4. The summed E-state index contributed by atoms with van der Waals surface area (Å²) in [7, 11) is -2.17. The van der Waals surface area contributed by atoms with Crippen LogP contribution in [-0.4, -0.2) is 21.5 Å². The molecule has 0 heterocycles. The van der Waals surface area contributed by atoms with Crippen LogP contribution in [0, 0.1) is 0 Å². The summed E-state index contributed by atoms with van der Waals surface area (Å²) in [6.45, 7) is 6.87. The molecule has 2 aromatic rings. The Hall–Kier alpha value is -1.84. The van der Waals surface area contributed by atoms with Gasteiger partial charge >= 0.3 is 0 Å². The van der Waals surface area contributed by atoms with E-state index in [1.165, 1.54) is 16.6 Å². The van der Waals surface area contributed by atoms with Gasteiger partial charge in [0.15, 0.2) is 0 Å². The zero-order valence-electron chi connectivity index (χ0n) is 11.8. The van der Waals surface area contributed by atoms with Crippen molar-refractivity contribution in [2.24, 2.45) is 0 Å². The van der Waals surface area contributed by atoms with E-state index in [1.807, 2.05) is 12.1 Å². The molecular formula is C17H20O2Si. The summed E-state index contributed by atoms with van der Waals surface area (Å²) in [6, 6.07) is 20.9. The van der Waals surface area contributed by atoms with E-state index >= 15 is 0 Å². The van der Waals surface area contributed by atoms with Crippen molar-refractivity contribution in [2.75, 3.05) is 13.2 Å². The zero-order chi connectivity index (χ0) is 14.3. The second-order valence-corrected chi connectivity index (χ2v) is 8.16. The highest BCUT2D eigenvalue weighted by molar-refractivity contribution is 6.96. The SMILES string of the molecule is C=COCCO[Si](C)(c1ccccc1)c1ccccc1. The highest BCUT2D eigenvalue weighted by atomic mass is 28.4. The molecule has 104 valence electrons. The summed E-state index contributed by atoms with van der Waals surface area (Å²) in [5.41, 5.74) is 0. The van der Waals surface area contributed by atoms with Gasteiger partial charge in [0.2, 0.25) is 0 Å². The van der Waals surface area contributed by atoms with Crippen LogP contribution < -0.4 is 10.4 Å². The number of rotatable bonds is 7. The lowest BCUT2D eigenvalue weighted by Crippen LogP contribution is -2.58. The van der Waals surface area contributed by atoms with Crippen molar-refractivity contribution < 1.29 is 9.16 Å². The van der Waals surface area contributed by atoms with Crippen molar-refractivity contribution in [1.82, 2.24) is 0 Å². The maximum Gasteiger partial charge on any atom is 0.252 e. The fourth-order valence-corrected chi connectivity index (χ4v) is 5.04. The molecule has 0 aliphatic carbocycles. The van der Waals surface area contributed by atoms with E-state index < -0.39 is 8.32 Å². The second-order valence-electron chi connectivity index (χ2n) is 4.65. The van der Waals surface area contributed by atoms with Crippen molar-refractivity contribution in [3.05, 3.63) is 73.5 Å². The summed E-state index contributed by atoms with van der Waals surface area (Å²) in [5.74, 6) is 0. The van der Waals surface area contributed by atoms with Crippen LogP contribution in [0.5, 0.6) is 0 Å². The first-order valence-corrected chi connectivity index (χ1v) is 9.16. The topological polar surface area (TPSA) is 18.5 Å². The molecule has 0 aromatic heterocycles. The third-order valence-electron chi connectivity index (χ3n) is 3.36. The van der Waals surface area contributed by atoms with Gasteiger partial charge in [0.25, 0.3) is 8.32 Å². The Morgan fingerprint density at radius 2 is 1.40 bits per heavy atom. The quantitative estimate of drug-likeness (QED) is 0.442. The minimum atomic E-state index is -2.17. The van der Waals surface area contributed by atoms with Crippen LogP contribution in [0.1, 0.15) is 0 Å². The Bertz CT molecular complexity index is 486. The zero-order valence-corrected chi connectivity index (χ0v) is 12.8. The van der Waals surface area contributed by atoms with E-state index in [-0.39, 0.29) is 0 Å². The van der Waals surface area contributed by atoms with Gasteiger partial charge in [-0.05, 0) is 16.9 Å². The third kappa shape index (κ3) is 3.38. The lowest BCUT2D eigenvalue weighted by molar-refractivity contribution is 0.178. The molecule has 0 aliphatic heterocycles. The van der Waals surface area contributed by atoms with Crippen molar-refractivity contribution in [3.8, 4) is 0 Å². The van der Waals surface area contributed by atoms with Gasteiger partial charge in [0.1, 0.15) is 6.61 Å². The molecule has 0 fully saturated rings. The van der Waals surface area contributed by atoms with Gasteiger partial charge in [-0.15, -0.1) is 0 Å². The first kappa shape index (κ1) is 14.6. The van der Waals surface area contributed by atoms with E-state index in [4.69, 9.17) is 9.16 Å². The van der Waals surface area contributed by atoms with Crippen molar-refractivity contribution in [3.63, 3.8) is 0 Å². The molecule has 0 atom stereocenters. The summed E-state index contributed by atoms with van der Waals surface area (Å²) < 4.78 is 11.4. The fraction of sp³-hybridized carbons (Fsp3) is 0.176. The van der Waals surface area contributed by atoms with Crippen LogP contribution in [0.25, 0.3) is 0 Å². The van der Waals surface area contributed by atoms with Crippen LogP contribution in [0.2, 0.25) is 6.55 Å². The van der Waals surface area contributed by atoms with Crippen molar-refractivity contribution in [1.29, 1.82) is 0 Å². The number of hydrogen-bond donors (Lipinski definition) is 0. The molecule has 0 saturated heterocycles. The first-order valence-electron chi connectivity index (χ1n) is 6.75. The maximum atomic E-state index is 6.27. The maximum absolute atomic E-state index is 6.27. The molecule has 3 heteroatoms. The molecule has 0 amide bonds. The fourth-order valence-electron chi connectivity index (χ4n) is 2.22. The molecule has 0 radical (unpaired) electrons. The predicted octanol–water partition coefficient (Wildman–Crippen LogP) is 2.55. The van der Waals surface area contributed by atoms with E-state index in [0.29, 0.717) is 13.2 Å². The van der Waals surface area contributed by atoms with E-state index in [9.17, 15) is 0 Å². The van der Waals surface area contributed by atoms with Gasteiger partial charge in [-0.3, -0.25) is 0 Å². The molecule has 0 saturated carbocycles. The van der Waals surface area contributed by atoms with E-state index in [2.05, 4.69) is 61.7 Å². The van der Waals surface area contributed by atoms with Gasteiger partial charge in [-0.2, -0.15) is 0 Å². The Balaban J connectivity index is 2.26. The highest BCUT2D eigenvalue weighted by Gasteiger charge is 2.33. The Morgan fingerprint density at radius 3 is 1.85 bits per heavy atom. The summed E-state index contributed by atoms with van der Waals surface area (Å²) >= 11 is 0. The van der Waals surface area contributed by atoms with Gasteiger partial charge in [-0.25, -0.2) is 0 Å². The van der Waals surface area contributed by atoms with Crippen LogP contribution in [-0.2, 0) is 9.16 Å². The van der Waals surface area contributed by atoms with E-state index in [1.54, 1.807) is 0 Å². The number of hydrogen-bond acceptors (Lipinski definition) is 2. The van der Waals surface area contributed by atoms with E-state index in [0.717, 1.165) is 0 Å². The van der Waals surface area contributed by atoms with Crippen molar-refractivity contribution >= 4 is 18.7 Å². The second kappa shape index (κ2) is 7.08. The minimum absolute atomic E-state index is 0.533. The van der Waals surface area contributed by atoms with Crippen molar-refractivity contribution in [2.45, 2.75) is 6.55 Å². The molecule has 20 heavy (non-hydrogen) atoms. The molecular weight excluding hydrogens is 264 g/mol. The summed E-state index contributed by atoms with van der Waals surface area (Å²) in [5, 5.41) is 2.54. The first-order chi connectivity index (χ1) is 9.77. The largest absolute Gasteiger partial charge is 0.499 e. The third-order valence-corrected chi connectivity index (χ3v) is 7.01. The Kier molecular flexibility index (Phi) is 5.15. The highest BCUT2D eigenvalue weighted by Crippen LogP contribution is 2.07. The van der Waals surface area contributed by atoms with Crippen LogP contribution >= 0.6 is 0 Å². The average Bonchev–Trinajstić information content (AvgIpc) is 2.53. The van der Waals surface area contributed by atoms with Gasteiger partial charge in [0.05, 0.1) is 12.9 Å². The number of benzene rings is 2. The van der Waals surface area contributed by atoms with Gasteiger partial charge in [-0.1, -0.05) is 67.2 Å². The monoisotopic (exact) mass is 284 g/mol. The average molecular weight is 284 g/mol. The Labute approximate surface area is 121 Å². The van der Waals surface area contributed by atoms with Crippen LogP contribution in [0.15, 0.2) is 73.5 Å². The van der Waals surface area contributed by atoms with Gasteiger partial charge in [0, 0.05) is 0 Å². The molecule has 0 spiro atoms. The molecule has 0 bridgehead atoms. The summed E-state index contributed by atoms with van der Waals surface area (Å²) in [4.78, 5) is 0. The minimum Gasteiger partial charge on any atom is -0.499 e. The molecule has 2 nitrogen and oxygen atoms in total. The predicted molar refractivity (Wildman–Crippen MR) is 85.9 cm³/mol. The molecule has 0 unspecified atom stereocenters. The van der Waals surface area contributed by atoms with Crippen LogP contribution in [0.4, 0.5) is 0 Å². The molecule has 0 N–H and O–H groups in total. The van der Waals surface area contributed by atoms with Crippen LogP contribution in [0.3, 0.4) is 0 Å². The standard InChI is InChI=1S/C17H20O2Si/c1-3-18-14-15-19-20(2,16-10-6-4-7-11-16)17-12-8-5-9-13-17/h3-13H,1,14-15H2,2H3. The normalized spacial score (nSPS) is 11.1. The number of ether oxygens (including phenoxy) is 1. The summed E-state index contributed by atoms with van der Waals surface area (Å²) in [6.07, 6.45) is 1.45. The molecule has 2 aromatic carbocycles. The smallest absolute Gasteiger partial charge is 0.252 e. The molecule has 2 rings (SSSR count).